The number of phenolic OH excluding ortho intramolecular Hbond substituents is 1. The van der Waals surface area contributed by atoms with Gasteiger partial charge in [0.05, 0.1) is 18.7 Å². The molecule has 1 saturated heterocycles. The molecule has 0 spiro atoms. The molecule has 1 aromatic heterocycles. The number of phenols is 1. The highest BCUT2D eigenvalue weighted by Gasteiger charge is 2.32. The summed E-state index contributed by atoms with van der Waals surface area (Å²) >= 11 is 0. The fraction of sp³-hybridized carbons (Fsp3) is 0.357. The van der Waals surface area contributed by atoms with Crippen molar-refractivity contribution in [1.82, 2.24) is 15.2 Å². The first-order valence-electron chi connectivity index (χ1n) is 11.9. The normalized spacial score (nSPS) is 18.4. The zero-order valence-electron chi connectivity index (χ0n) is 19.7. The van der Waals surface area contributed by atoms with Crippen LogP contribution in [0.3, 0.4) is 0 Å². The Hall–Kier alpha value is -3.38. The van der Waals surface area contributed by atoms with Crippen LogP contribution in [0.2, 0.25) is 0 Å². The molecule has 0 radical (unpaired) electrons. The second-order valence-corrected chi connectivity index (χ2v) is 9.13. The van der Waals surface area contributed by atoms with Crippen molar-refractivity contribution >= 4 is 5.91 Å². The van der Waals surface area contributed by atoms with Gasteiger partial charge in [0.15, 0.2) is 0 Å². The Balaban J connectivity index is 1.37. The first-order chi connectivity index (χ1) is 16.5. The number of nitrogens with one attached hydrogen (secondary N) is 1. The van der Waals surface area contributed by atoms with Gasteiger partial charge in [0.2, 0.25) is 5.91 Å². The van der Waals surface area contributed by atoms with Crippen molar-refractivity contribution in [1.29, 1.82) is 0 Å². The van der Waals surface area contributed by atoms with E-state index in [-0.39, 0.29) is 23.5 Å². The van der Waals surface area contributed by atoms with Gasteiger partial charge in [0.25, 0.3) is 0 Å². The molecule has 1 aliphatic rings. The number of amides is 1. The van der Waals surface area contributed by atoms with Crippen molar-refractivity contribution in [3.8, 4) is 11.5 Å². The highest BCUT2D eigenvalue weighted by Crippen LogP contribution is 2.25. The maximum Gasteiger partial charge on any atom is 0.224 e. The summed E-state index contributed by atoms with van der Waals surface area (Å²) in [6.45, 7) is 5.43. The van der Waals surface area contributed by atoms with Crippen LogP contribution in [-0.2, 0) is 17.8 Å². The second kappa shape index (κ2) is 11.7. The Bertz CT molecular complexity index is 1040. The van der Waals surface area contributed by atoms with Gasteiger partial charge in [-0.15, -0.1) is 0 Å². The number of aromatic hydroxyl groups is 1. The van der Waals surface area contributed by atoms with E-state index in [1.807, 2.05) is 49.4 Å². The Labute approximate surface area is 201 Å². The lowest BCUT2D eigenvalue weighted by atomic mass is 9.88. The Kier molecular flexibility index (Phi) is 8.15. The maximum absolute atomic E-state index is 13.1. The van der Waals surface area contributed by atoms with Crippen LogP contribution in [0.4, 0.5) is 0 Å². The Morgan fingerprint density at radius 3 is 2.59 bits per heavy atom. The standard InChI is InChI=1S/C28H33N3O3/c1-21-7-12-27(16-30-21)34-20-24-15-25(28(33)29-14-13-22-5-3-2-4-6-22)19-31(18-24)17-23-8-10-26(32)11-9-23/h2-12,16,24-25,32H,13-15,17-20H2,1H3,(H,29,33)/t24-,25+/m0/s1. The topological polar surface area (TPSA) is 74.7 Å². The molecule has 0 unspecified atom stereocenters. The van der Waals surface area contributed by atoms with E-state index in [1.165, 1.54) is 5.56 Å². The maximum atomic E-state index is 13.1. The van der Waals surface area contributed by atoms with Gasteiger partial charge >= 0.3 is 0 Å². The molecule has 2 atom stereocenters. The van der Waals surface area contributed by atoms with Crippen molar-refractivity contribution in [2.75, 3.05) is 26.2 Å². The fourth-order valence-electron chi connectivity index (χ4n) is 4.47. The van der Waals surface area contributed by atoms with Crippen LogP contribution in [-0.4, -0.2) is 47.1 Å². The number of nitrogens with zero attached hydrogens (tertiary/aromatic N) is 2. The molecule has 6 heteroatoms. The summed E-state index contributed by atoms with van der Waals surface area (Å²) < 4.78 is 6.03. The zero-order chi connectivity index (χ0) is 23.8. The molecule has 0 saturated carbocycles. The van der Waals surface area contributed by atoms with Crippen LogP contribution in [0.25, 0.3) is 0 Å². The lowest BCUT2D eigenvalue weighted by Crippen LogP contribution is -2.47. The molecule has 3 aromatic rings. The number of pyridine rings is 1. The number of hydrogen-bond donors (Lipinski definition) is 2. The van der Waals surface area contributed by atoms with Gasteiger partial charge in [-0.05, 0) is 55.2 Å². The summed E-state index contributed by atoms with van der Waals surface area (Å²) in [6, 6.07) is 21.4. The number of carbonyl (C=O) groups excluding carboxylic acids is 1. The largest absolute Gasteiger partial charge is 0.508 e. The molecule has 0 aliphatic carbocycles. The first-order valence-corrected chi connectivity index (χ1v) is 11.9. The Morgan fingerprint density at radius 1 is 1.06 bits per heavy atom. The van der Waals surface area contributed by atoms with E-state index in [1.54, 1.807) is 18.3 Å². The summed E-state index contributed by atoms with van der Waals surface area (Å²) in [5.41, 5.74) is 3.29. The summed E-state index contributed by atoms with van der Waals surface area (Å²) in [5.74, 6) is 1.26. The predicted molar refractivity (Wildman–Crippen MR) is 133 cm³/mol. The minimum absolute atomic E-state index is 0.0913. The number of carbonyl (C=O) groups is 1. The van der Waals surface area contributed by atoms with E-state index >= 15 is 0 Å². The highest BCUT2D eigenvalue weighted by atomic mass is 16.5. The molecule has 6 nitrogen and oxygen atoms in total. The summed E-state index contributed by atoms with van der Waals surface area (Å²) in [7, 11) is 0. The molecular weight excluding hydrogens is 426 g/mol. The lowest BCUT2D eigenvalue weighted by molar-refractivity contribution is -0.127. The van der Waals surface area contributed by atoms with Gasteiger partial charge in [0, 0.05) is 37.8 Å². The molecule has 2 aromatic carbocycles. The summed E-state index contributed by atoms with van der Waals surface area (Å²) in [6.07, 6.45) is 3.37. The van der Waals surface area contributed by atoms with E-state index in [4.69, 9.17) is 4.74 Å². The number of likely N-dealkylation sites (tertiary alicyclic amines) is 1. The number of piperidine rings is 1. The van der Waals surface area contributed by atoms with Crippen LogP contribution in [0.5, 0.6) is 11.5 Å². The van der Waals surface area contributed by atoms with Gasteiger partial charge in [-0.3, -0.25) is 14.7 Å². The van der Waals surface area contributed by atoms with Gasteiger partial charge in [-0.2, -0.15) is 0 Å². The summed E-state index contributed by atoms with van der Waals surface area (Å²) in [4.78, 5) is 19.7. The van der Waals surface area contributed by atoms with Crippen LogP contribution >= 0.6 is 0 Å². The average molecular weight is 460 g/mol. The minimum atomic E-state index is -0.0913. The molecule has 1 fully saturated rings. The van der Waals surface area contributed by atoms with Gasteiger partial charge in [-0.25, -0.2) is 0 Å². The third-order valence-electron chi connectivity index (χ3n) is 6.25. The SMILES string of the molecule is Cc1ccc(OC[C@H]2C[C@@H](C(=O)NCCc3ccccc3)CN(Cc3ccc(O)cc3)C2)cn1. The second-order valence-electron chi connectivity index (χ2n) is 9.13. The molecule has 0 bridgehead atoms. The van der Waals surface area contributed by atoms with E-state index in [9.17, 15) is 9.90 Å². The van der Waals surface area contributed by atoms with E-state index in [0.717, 1.165) is 42.9 Å². The highest BCUT2D eigenvalue weighted by molar-refractivity contribution is 5.79. The van der Waals surface area contributed by atoms with Crippen LogP contribution in [0, 0.1) is 18.8 Å². The number of hydrogen-bond acceptors (Lipinski definition) is 5. The van der Waals surface area contributed by atoms with E-state index < -0.39 is 0 Å². The van der Waals surface area contributed by atoms with Crippen LogP contribution in [0.15, 0.2) is 72.9 Å². The molecule has 178 valence electrons. The minimum Gasteiger partial charge on any atom is -0.508 e. The number of aromatic nitrogens is 1. The lowest BCUT2D eigenvalue weighted by Gasteiger charge is -2.37. The first kappa shape index (κ1) is 23.8. The molecule has 4 rings (SSSR count). The smallest absolute Gasteiger partial charge is 0.224 e. The Morgan fingerprint density at radius 2 is 1.85 bits per heavy atom. The van der Waals surface area contributed by atoms with Crippen LogP contribution < -0.4 is 10.1 Å². The number of rotatable bonds is 9. The molecule has 1 aliphatic heterocycles. The fourth-order valence-corrected chi connectivity index (χ4v) is 4.47. The number of ether oxygens (including phenoxy) is 1. The molecule has 2 heterocycles. The van der Waals surface area contributed by atoms with Crippen molar-refractivity contribution in [2.24, 2.45) is 11.8 Å². The van der Waals surface area contributed by atoms with Crippen molar-refractivity contribution in [3.05, 3.63) is 89.7 Å². The van der Waals surface area contributed by atoms with E-state index in [2.05, 4.69) is 27.3 Å². The number of benzene rings is 2. The predicted octanol–water partition coefficient (Wildman–Crippen LogP) is 3.97. The van der Waals surface area contributed by atoms with Gasteiger partial charge in [-0.1, -0.05) is 42.5 Å². The quantitative estimate of drug-likeness (QED) is 0.507. The van der Waals surface area contributed by atoms with Gasteiger partial charge in [0.1, 0.15) is 11.5 Å². The van der Waals surface area contributed by atoms with Crippen LogP contribution in [0.1, 0.15) is 23.2 Å². The van der Waals surface area contributed by atoms with Crippen molar-refractivity contribution in [2.45, 2.75) is 26.3 Å². The monoisotopic (exact) mass is 459 g/mol. The van der Waals surface area contributed by atoms with Gasteiger partial charge < -0.3 is 15.2 Å². The third-order valence-corrected chi connectivity index (χ3v) is 6.25. The average Bonchev–Trinajstić information content (AvgIpc) is 2.85. The van der Waals surface area contributed by atoms with E-state index in [0.29, 0.717) is 19.7 Å². The number of aryl methyl sites for hydroxylation is 1. The molecule has 1 amide bonds. The molecule has 2 N–H and O–H groups in total. The molecule has 34 heavy (non-hydrogen) atoms. The molecular formula is C28H33N3O3. The van der Waals surface area contributed by atoms with Crippen molar-refractivity contribution in [3.63, 3.8) is 0 Å². The van der Waals surface area contributed by atoms with Crippen molar-refractivity contribution < 1.29 is 14.6 Å². The zero-order valence-corrected chi connectivity index (χ0v) is 19.7. The third kappa shape index (κ3) is 7.06. The summed E-state index contributed by atoms with van der Waals surface area (Å²) in [5, 5.41) is 12.7.